The molecule has 1 aromatic heterocycles. The lowest BCUT2D eigenvalue weighted by Gasteiger charge is -2.10. The van der Waals surface area contributed by atoms with Gasteiger partial charge in [-0.25, -0.2) is 0 Å². The number of aromatic nitrogens is 1. The molecular formula is C10H19Cl3N4S. The van der Waals surface area contributed by atoms with E-state index >= 15 is 0 Å². The predicted molar refractivity (Wildman–Crippen MR) is 87.0 cm³/mol. The van der Waals surface area contributed by atoms with Crippen molar-refractivity contribution < 1.29 is 0 Å². The zero-order valence-corrected chi connectivity index (χ0v) is 13.5. The summed E-state index contributed by atoms with van der Waals surface area (Å²) in [5.41, 5.74) is 7.52. The molecule has 1 heterocycles. The summed E-state index contributed by atoms with van der Waals surface area (Å²) in [5, 5.41) is 3.18. The van der Waals surface area contributed by atoms with E-state index in [0.717, 1.165) is 12.2 Å². The van der Waals surface area contributed by atoms with Crippen molar-refractivity contribution >= 4 is 54.6 Å². The summed E-state index contributed by atoms with van der Waals surface area (Å²) in [6.45, 7) is 1.49. The van der Waals surface area contributed by atoms with Gasteiger partial charge in [-0.05, 0) is 44.0 Å². The minimum Gasteiger partial charge on any atom is -0.376 e. The molecule has 0 aliphatic rings. The van der Waals surface area contributed by atoms with Crippen LogP contribution in [0.2, 0.25) is 0 Å². The normalized spacial score (nSPS) is 8.61. The van der Waals surface area contributed by atoms with Crippen molar-refractivity contribution in [2.75, 3.05) is 14.1 Å². The Labute approximate surface area is 132 Å². The van der Waals surface area contributed by atoms with Crippen molar-refractivity contribution in [2.24, 2.45) is 5.73 Å². The van der Waals surface area contributed by atoms with Gasteiger partial charge >= 0.3 is 0 Å². The second-order valence-corrected chi connectivity index (χ2v) is 4.05. The van der Waals surface area contributed by atoms with E-state index in [1.807, 2.05) is 26.2 Å². The number of rotatable bonds is 4. The van der Waals surface area contributed by atoms with E-state index in [2.05, 4.69) is 15.2 Å². The van der Waals surface area contributed by atoms with Gasteiger partial charge in [-0.15, -0.1) is 37.2 Å². The molecule has 0 fully saturated rings. The van der Waals surface area contributed by atoms with Crippen LogP contribution in [0.25, 0.3) is 0 Å². The third-order valence-electron chi connectivity index (χ3n) is 1.82. The van der Waals surface area contributed by atoms with Gasteiger partial charge in [0.1, 0.15) is 0 Å². The number of halogens is 3. The van der Waals surface area contributed by atoms with Gasteiger partial charge in [0, 0.05) is 12.7 Å². The second-order valence-electron chi connectivity index (χ2n) is 3.61. The number of nitrogens with two attached hydrogens (primary N) is 1. The summed E-state index contributed by atoms with van der Waals surface area (Å²) in [4.78, 5) is 6.33. The van der Waals surface area contributed by atoms with Crippen LogP contribution in [0.4, 0.5) is 0 Å². The smallest absolute Gasteiger partial charge is 0.163 e. The first-order valence-electron chi connectivity index (χ1n) is 4.70. The average molecular weight is 334 g/mol. The first-order valence-corrected chi connectivity index (χ1v) is 5.10. The Morgan fingerprint density at radius 1 is 1.39 bits per heavy atom. The highest BCUT2D eigenvalue weighted by Gasteiger charge is 1.99. The van der Waals surface area contributed by atoms with Gasteiger partial charge in [0.15, 0.2) is 5.11 Å². The topological polar surface area (TPSA) is 54.2 Å². The molecule has 0 amide bonds. The Morgan fingerprint density at radius 3 is 2.50 bits per heavy atom. The Bertz CT molecular complexity index is 350. The van der Waals surface area contributed by atoms with Crippen molar-refractivity contribution in [1.82, 2.24) is 15.2 Å². The SMILES string of the molecule is CN(C)Cc1ccnc(CNC(N)=S)c1.Cl.Cl.Cl. The molecule has 18 heavy (non-hydrogen) atoms. The molecule has 8 heteroatoms. The van der Waals surface area contributed by atoms with Crippen molar-refractivity contribution in [2.45, 2.75) is 13.1 Å². The summed E-state index contributed by atoms with van der Waals surface area (Å²) in [6, 6.07) is 4.05. The monoisotopic (exact) mass is 332 g/mol. The van der Waals surface area contributed by atoms with Crippen LogP contribution in [0.15, 0.2) is 18.3 Å². The number of nitrogens with zero attached hydrogens (tertiary/aromatic N) is 2. The third kappa shape index (κ3) is 9.67. The maximum absolute atomic E-state index is 5.34. The van der Waals surface area contributed by atoms with Crippen molar-refractivity contribution in [1.29, 1.82) is 0 Å². The Hall–Kier alpha value is -0.330. The molecule has 1 aromatic rings. The van der Waals surface area contributed by atoms with Crippen LogP contribution in [0, 0.1) is 0 Å². The standard InChI is InChI=1S/C10H16N4S.3ClH/c1-14(2)7-8-3-4-12-9(5-8)6-13-10(11)15;;;/h3-5H,6-7H2,1-2H3,(H3,11,13,15);3*1H. The lowest BCUT2D eigenvalue weighted by molar-refractivity contribution is 0.402. The summed E-state index contributed by atoms with van der Waals surface area (Å²) in [7, 11) is 4.07. The molecule has 0 radical (unpaired) electrons. The Kier molecular flexibility index (Phi) is 14.9. The molecule has 1 rings (SSSR count). The molecule has 106 valence electrons. The first-order chi connectivity index (χ1) is 7.08. The number of nitrogens with one attached hydrogen (secondary N) is 1. The molecule has 0 saturated carbocycles. The van der Waals surface area contributed by atoms with Gasteiger partial charge in [-0.2, -0.15) is 0 Å². The van der Waals surface area contributed by atoms with Crippen molar-refractivity contribution in [3.05, 3.63) is 29.6 Å². The van der Waals surface area contributed by atoms with Crippen LogP contribution in [0.1, 0.15) is 11.3 Å². The van der Waals surface area contributed by atoms with Crippen molar-refractivity contribution in [3.8, 4) is 0 Å². The van der Waals surface area contributed by atoms with E-state index in [-0.39, 0.29) is 37.2 Å². The molecule has 0 atom stereocenters. The Morgan fingerprint density at radius 2 is 2.00 bits per heavy atom. The Balaban J connectivity index is -0.000000750. The lowest BCUT2D eigenvalue weighted by atomic mass is 10.2. The fraction of sp³-hybridized carbons (Fsp3) is 0.400. The highest BCUT2D eigenvalue weighted by atomic mass is 35.5. The van der Waals surface area contributed by atoms with Crippen LogP contribution >= 0.6 is 49.4 Å². The summed E-state index contributed by atoms with van der Waals surface area (Å²) < 4.78 is 0. The van der Waals surface area contributed by atoms with Crippen LogP contribution in [-0.4, -0.2) is 29.1 Å². The van der Waals surface area contributed by atoms with Crippen LogP contribution in [-0.2, 0) is 13.1 Å². The highest BCUT2D eigenvalue weighted by Crippen LogP contribution is 2.03. The largest absolute Gasteiger partial charge is 0.376 e. The fourth-order valence-electron chi connectivity index (χ4n) is 1.27. The second kappa shape index (κ2) is 11.7. The number of hydrogen-bond acceptors (Lipinski definition) is 3. The van der Waals surface area contributed by atoms with Crippen molar-refractivity contribution in [3.63, 3.8) is 0 Å². The molecule has 3 N–H and O–H groups in total. The molecule has 0 aliphatic carbocycles. The van der Waals surface area contributed by atoms with E-state index in [0.29, 0.717) is 11.7 Å². The summed E-state index contributed by atoms with van der Waals surface area (Å²) >= 11 is 4.73. The maximum Gasteiger partial charge on any atom is 0.163 e. The fourth-order valence-corrected chi connectivity index (χ4v) is 1.34. The minimum atomic E-state index is 0. The molecule has 0 saturated heterocycles. The van der Waals surface area contributed by atoms with E-state index < -0.39 is 0 Å². The molecule has 4 nitrogen and oxygen atoms in total. The molecule has 0 bridgehead atoms. The van der Waals surface area contributed by atoms with Gasteiger partial charge in [-0.3, -0.25) is 4.98 Å². The number of pyridine rings is 1. The summed E-state index contributed by atoms with van der Waals surface area (Å²) in [6.07, 6.45) is 1.80. The molecule has 0 spiro atoms. The van der Waals surface area contributed by atoms with Crippen LogP contribution < -0.4 is 11.1 Å². The lowest BCUT2D eigenvalue weighted by Crippen LogP contribution is -2.28. The van der Waals surface area contributed by atoms with Gasteiger partial charge in [0.25, 0.3) is 0 Å². The number of hydrogen-bond donors (Lipinski definition) is 2. The zero-order chi connectivity index (χ0) is 11.3. The molecule has 0 aliphatic heterocycles. The first kappa shape index (κ1) is 22.8. The predicted octanol–water partition coefficient (Wildman–Crippen LogP) is 1.74. The maximum atomic E-state index is 5.34. The van der Waals surface area contributed by atoms with E-state index in [1.54, 1.807) is 6.20 Å². The quantitative estimate of drug-likeness (QED) is 0.822. The number of thiocarbonyl (C=S) groups is 1. The minimum absolute atomic E-state index is 0. The van der Waals surface area contributed by atoms with Gasteiger partial charge < -0.3 is 16.0 Å². The van der Waals surface area contributed by atoms with Crippen LogP contribution in [0.3, 0.4) is 0 Å². The van der Waals surface area contributed by atoms with Crippen LogP contribution in [0.5, 0.6) is 0 Å². The highest BCUT2D eigenvalue weighted by molar-refractivity contribution is 7.80. The van der Waals surface area contributed by atoms with E-state index in [4.69, 9.17) is 18.0 Å². The van der Waals surface area contributed by atoms with Gasteiger partial charge in [-0.1, -0.05) is 0 Å². The summed E-state index contributed by atoms with van der Waals surface area (Å²) in [5.74, 6) is 0. The molecule has 0 unspecified atom stereocenters. The average Bonchev–Trinajstić information content (AvgIpc) is 2.14. The van der Waals surface area contributed by atoms with E-state index in [9.17, 15) is 0 Å². The molecule has 0 aromatic carbocycles. The van der Waals surface area contributed by atoms with E-state index in [1.165, 1.54) is 5.56 Å². The van der Waals surface area contributed by atoms with Gasteiger partial charge in [0.05, 0.1) is 12.2 Å². The zero-order valence-electron chi connectivity index (χ0n) is 10.3. The molecular weight excluding hydrogens is 315 g/mol. The van der Waals surface area contributed by atoms with Gasteiger partial charge in [0.2, 0.25) is 0 Å². The third-order valence-corrected chi connectivity index (χ3v) is 1.97.